The Bertz CT molecular complexity index is 876. The van der Waals surface area contributed by atoms with E-state index in [1.807, 2.05) is 0 Å². The first-order chi connectivity index (χ1) is 14.6. The van der Waals surface area contributed by atoms with Crippen LogP contribution >= 0.6 is 15.9 Å². The van der Waals surface area contributed by atoms with Crippen LogP contribution in [0.4, 0.5) is 17.8 Å². The Morgan fingerprint density at radius 1 is 0.833 bits per heavy atom. The number of aromatic hydroxyl groups is 2. The summed E-state index contributed by atoms with van der Waals surface area (Å²) in [5.41, 5.74) is 3.33. The average Bonchev–Trinajstić information content (AvgIpc) is 2.78. The van der Waals surface area contributed by atoms with Crippen LogP contribution < -0.4 is 15.2 Å². The zero-order valence-electron chi connectivity index (χ0n) is 16.8. The van der Waals surface area contributed by atoms with Crippen molar-refractivity contribution in [3.8, 4) is 11.5 Å². The van der Waals surface area contributed by atoms with E-state index in [2.05, 4.69) is 46.2 Å². The standard InChI is InChI=1S/C20H26BrN7O2/c21-15-11-14(16(29)12-17(15)30)13-22-26-18-23-19(27-7-3-1-4-8-27)25-20(24-18)28-9-5-2-6-10-28/h11-13,29-30H,1-10H2,(H,23,24,25,26). The molecule has 2 fully saturated rings. The van der Waals surface area contributed by atoms with E-state index in [1.165, 1.54) is 25.1 Å². The Hall–Kier alpha value is -2.62. The highest BCUT2D eigenvalue weighted by molar-refractivity contribution is 9.10. The number of anilines is 3. The minimum Gasteiger partial charge on any atom is -0.507 e. The molecular weight excluding hydrogens is 450 g/mol. The van der Waals surface area contributed by atoms with Crippen molar-refractivity contribution in [3.63, 3.8) is 0 Å². The molecule has 9 nitrogen and oxygen atoms in total. The molecule has 0 spiro atoms. The van der Waals surface area contributed by atoms with Crippen molar-refractivity contribution in [2.75, 3.05) is 41.4 Å². The molecule has 3 N–H and O–H groups in total. The lowest BCUT2D eigenvalue weighted by atomic mass is 10.1. The number of nitrogens with one attached hydrogen (secondary N) is 1. The summed E-state index contributed by atoms with van der Waals surface area (Å²) in [6.45, 7) is 3.78. The lowest BCUT2D eigenvalue weighted by molar-refractivity contribution is 0.448. The molecule has 0 atom stereocenters. The largest absolute Gasteiger partial charge is 0.507 e. The fraction of sp³-hybridized carbons (Fsp3) is 0.500. The summed E-state index contributed by atoms with van der Waals surface area (Å²) in [5, 5.41) is 23.8. The van der Waals surface area contributed by atoms with Crippen molar-refractivity contribution >= 4 is 40.0 Å². The van der Waals surface area contributed by atoms with Crippen LogP contribution in [0, 0.1) is 0 Å². The number of piperidine rings is 2. The van der Waals surface area contributed by atoms with E-state index < -0.39 is 0 Å². The molecule has 0 radical (unpaired) electrons. The molecule has 2 aliphatic rings. The van der Waals surface area contributed by atoms with Gasteiger partial charge in [-0.05, 0) is 60.5 Å². The average molecular weight is 476 g/mol. The summed E-state index contributed by atoms with van der Waals surface area (Å²) >= 11 is 3.24. The molecule has 30 heavy (non-hydrogen) atoms. The van der Waals surface area contributed by atoms with Crippen molar-refractivity contribution in [2.24, 2.45) is 5.10 Å². The van der Waals surface area contributed by atoms with Gasteiger partial charge >= 0.3 is 0 Å². The van der Waals surface area contributed by atoms with Gasteiger partial charge in [0.25, 0.3) is 0 Å². The number of benzene rings is 1. The zero-order valence-corrected chi connectivity index (χ0v) is 18.3. The molecule has 2 aromatic rings. The zero-order chi connectivity index (χ0) is 20.9. The van der Waals surface area contributed by atoms with Crippen LogP contribution in [0.2, 0.25) is 0 Å². The molecule has 0 saturated carbocycles. The van der Waals surface area contributed by atoms with Crippen LogP contribution in [0.3, 0.4) is 0 Å². The van der Waals surface area contributed by atoms with Gasteiger partial charge in [0, 0.05) is 37.8 Å². The highest BCUT2D eigenvalue weighted by Crippen LogP contribution is 2.30. The Balaban J connectivity index is 1.57. The number of hydrogen-bond donors (Lipinski definition) is 3. The van der Waals surface area contributed by atoms with Crippen LogP contribution in [-0.2, 0) is 0 Å². The number of phenolic OH excluding ortho intramolecular Hbond substituents is 2. The number of hydrogen-bond acceptors (Lipinski definition) is 9. The van der Waals surface area contributed by atoms with Crippen molar-refractivity contribution in [3.05, 3.63) is 22.2 Å². The van der Waals surface area contributed by atoms with Crippen LogP contribution in [0.5, 0.6) is 11.5 Å². The normalized spacial score (nSPS) is 17.5. The lowest BCUT2D eigenvalue weighted by Gasteiger charge is -2.30. The smallest absolute Gasteiger partial charge is 0.250 e. The number of hydrazone groups is 1. The minimum atomic E-state index is -0.0695. The van der Waals surface area contributed by atoms with E-state index >= 15 is 0 Å². The number of aromatic nitrogens is 3. The Morgan fingerprint density at radius 2 is 1.40 bits per heavy atom. The maximum absolute atomic E-state index is 9.99. The van der Waals surface area contributed by atoms with Crippen molar-refractivity contribution in [1.29, 1.82) is 0 Å². The maximum Gasteiger partial charge on any atom is 0.250 e. The van der Waals surface area contributed by atoms with Crippen LogP contribution in [0.15, 0.2) is 21.7 Å². The molecular formula is C20H26BrN7O2. The first-order valence-corrected chi connectivity index (χ1v) is 11.2. The second kappa shape index (κ2) is 9.46. The number of phenols is 2. The molecule has 0 bridgehead atoms. The van der Waals surface area contributed by atoms with E-state index in [4.69, 9.17) is 4.98 Å². The second-order valence-corrected chi connectivity index (χ2v) is 8.44. The van der Waals surface area contributed by atoms with E-state index in [0.717, 1.165) is 51.9 Å². The van der Waals surface area contributed by atoms with E-state index in [0.29, 0.717) is 27.9 Å². The highest BCUT2D eigenvalue weighted by atomic mass is 79.9. The third-order valence-electron chi connectivity index (χ3n) is 5.35. The molecule has 2 saturated heterocycles. The van der Waals surface area contributed by atoms with Gasteiger partial charge in [0.05, 0.1) is 10.7 Å². The van der Waals surface area contributed by atoms with Gasteiger partial charge in [-0.2, -0.15) is 20.1 Å². The van der Waals surface area contributed by atoms with Crippen molar-refractivity contribution in [1.82, 2.24) is 15.0 Å². The van der Waals surface area contributed by atoms with Crippen LogP contribution in [0.1, 0.15) is 44.1 Å². The number of rotatable bonds is 5. The molecule has 4 rings (SSSR count). The number of halogens is 1. The molecule has 160 valence electrons. The molecule has 1 aromatic heterocycles. The van der Waals surface area contributed by atoms with Gasteiger partial charge in [-0.3, -0.25) is 0 Å². The molecule has 0 amide bonds. The van der Waals surface area contributed by atoms with Gasteiger partial charge in [0.15, 0.2) is 0 Å². The van der Waals surface area contributed by atoms with Crippen LogP contribution in [-0.4, -0.2) is 57.6 Å². The predicted octanol–water partition coefficient (Wildman–Crippen LogP) is 3.47. The quantitative estimate of drug-likeness (QED) is 0.445. The van der Waals surface area contributed by atoms with Gasteiger partial charge < -0.3 is 20.0 Å². The Kier molecular flexibility index (Phi) is 6.51. The molecule has 2 aliphatic heterocycles. The molecule has 0 aliphatic carbocycles. The third-order valence-corrected chi connectivity index (χ3v) is 5.99. The summed E-state index contributed by atoms with van der Waals surface area (Å²) in [6, 6.07) is 2.85. The highest BCUT2D eigenvalue weighted by Gasteiger charge is 2.20. The Morgan fingerprint density at radius 3 is 1.97 bits per heavy atom. The summed E-state index contributed by atoms with van der Waals surface area (Å²) in [4.78, 5) is 18.3. The van der Waals surface area contributed by atoms with Gasteiger partial charge in [-0.1, -0.05) is 0 Å². The van der Waals surface area contributed by atoms with Gasteiger partial charge in [0.2, 0.25) is 17.8 Å². The summed E-state index contributed by atoms with van der Waals surface area (Å²) in [6.07, 6.45) is 8.50. The maximum atomic E-state index is 9.99. The SMILES string of the molecule is Oc1cc(O)c(C=NNc2nc(N3CCCCC3)nc(N3CCCCC3)n2)cc1Br. The first kappa shape index (κ1) is 20.6. The molecule has 10 heteroatoms. The fourth-order valence-electron chi connectivity index (χ4n) is 3.70. The number of nitrogens with zero attached hydrogens (tertiary/aromatic N) is 6. The van der Waals surface area contributed by atoms with Crippen LogP contribution in [0.25, 0.3) is 0 Å². The van der Waals surface area contributed by atoms with Gasteiger partial charge in [-0.15, -0.1) is 0 Å². The molecule has 3 heterocycles. The molecule has 1 aromatic carbocycles. The summed E-state index contributed by atoms with van der Waals surface area (Å²) < 4.78 is 0.474. The lowest BCUT2D eigenvalue weighted by Crippen LogP contribution is -2.34. The van der Waals surface area contributed by atoms with Gasteiger partial charge in [0.1, 0.15) is 11.5 Å². The monoisotopic (exact) mass is 475 g/mol. The Labute approximate surface area is 184 Å². The second-order valence-electron chi connectivity index (χ2n) is 7.59. The summed E-state index contributed by atoms with van der Waals surface area (Å²) in [7, 11) is 0. The van der Waals surface area contributed by atoms with E-state index in [1.54, 1.807) is 6.07 Å². The fourth-order valence-corrected chi connectivity index (χ4v) is 4.06. The van der Waals surface area contributed by atoms with Crippen molar-refractivity contribution in [2.45, 2.75) is 38.5 Å². The van der Waals surface area contributed by atoms with Crippen molar-refractivity contribution < 1.29 is 10.2 Å². The minimum absolute atomic E-state index is 0.0348. The topological polar surface area (TPSA) is 110 Å². The van der Waals surface area contributed by atoms with E-state index in [-0.39, 0.29) is 11.5 Å². The van der Waals surface area contributed by atoms with E-state index in [9.17, 15) is 10.2 Å². The predicted molar refractivity (Wildman–Crippen MR) is 121 cm³/mol. The summed E-state index contributed by atoms with van der Waals surface area (Å²) in [5.74, 6) is 1.63. The van der Waals surface area contributed by atoms with Gasteiger partial charge in [-0.25, -0.2) is 5.43 Å². The molecule has 0 unspecified atom stereocenters. The first-order valence-electron chi connectivity index (χ1n) is 10.4. The third kappa shape index (κ3) is 4.92.